The van der Waals surface area contributed by atoms with Crippen LogP contribution in [-0.4, -0.2) is 63.7 Å². The molecule has 25 heavy (non-hydrogen) atoms. The smallest absolute Gasteiger partial charge is 0.351 e. The summed E-state index contributed by atoms with van der Waals surface area (Å²) in [5, 5.41) is 38.8. The van der Waals surface area contributed by atoms with Gasteiger partial charge in [-0.05, 0) is 12.1 Å². The number of aliphatic hydroxyl groups is 4. The molecule has 1 unspecified atom stereocenters. The van der Waals surface area contributed by atoms with Gasteiger partial charge in [-0.1, -0.05) is 18.2 Å². The van der Waals surface area contributed by atoms with Gasteiger partial charge in [-0.2, -0.15) is 0 Å². The molecule has 9 nitrogen and oxygen atoms in total. The van der Waals surface area contributed by atoms with Crippen LogP contribution in [0.15, 0.2) is 39.5 Å². The summed E-state index contributed by atoms with van der Waals surface area (Å²) in [6.45, 7) is -0.670. The predicted octanol–water partition coefficient (Wildman–Crippen LogP) is -1.25. The highest BCUT2D eigenvalue weighted by atomic mass is 16.7. The highest BCUT2D eigenvalue weighted by Gasteiger charge is 2.45. The van der Waals surface area contributed by atoms with E-state index in [0.29, 0.717) is 5.39 Å². The number of para-hydroxylation sites is 1. The second-order valence-electron chi connectivity index (χ2n) is 5.59. The lowest BCUT2D eigenvalue weighted by Crippen LogP contribution is -2.59. The molecule has 0 radical (unpaired) electrons. The number of rotatable bonds is 3. The van der Waals surface area contributed by atoms with Crippen molar-refractivity contribution in [3.63, 3.8) is 0 Å². The zero-order valence-electron chi connectivity index (χ0n) is 12.8. The molecule has 0 bridgehead atoms. The van der Waals surface area contributed by atoms with Crippen LogP contribution < -0.4 is 5.63 Å². The highest BCUT2D eigenvalue weighted by molar-refractivity contribution is 5.92. The molecule has 1 aromatic heterocycles. The normalized spacial score (nSPS) is 29.5. The van der Waals surface area contributed by atoms with E-state index in [4.69, 9.17) is 19.0 Å². The molecule has 0 spiro atoms. The first-order chi connectivity index (χ1) is 11.9. The zero-order valence-corrected chi connectivity index (χ0v) is 12.8. The number of benzene rings is 1. The fraction of sp³-hybridized carbons (Fsp3) is 0.375. The molecule has 1 aromatic carbocycles. The maximum Gasteiger partial charge on any atom is 0.351 e. The zero-order chi connectivity index (χ0) is 18.1. The van der Waals surface area contributed by atoms with Crippen LogP contribution in [0.1, 0.15) is 10.4 Å². The monoisotopic (exact) mass is 352 g/mol. The van der Waals surface area contributed by atoms with Crippen molar-refractivity contribution in [2.45, 2.75) is 30.7 Å². The lowest BCUT2D eigenvalue weighted by atomic mass is 9.99. The minimum Gasteiger partial charge on any atom is -0.429 e. The predicted molar refractivity (Wildman–Crippen MR) is 81.7 cm³/mol. The van der Waals surface area contributed by atoms with Gasteiger partial charge in [0.2, 0.25) is 6.29 Å². The molecule has 5 atom stereocenters. The third-order valence-corrected chi connectivity index (χ3v) is 3.93. The standard InChI is InChI=1S/C16H16O9/c17-6-10-11(18)12(19)13(20)16(24-10)25-15(22)8-5-7-3-1-2-4-9(7)23-14(8)21/h1-5,10-13,16-20H,6H2/t10-,11-,12+,13-,16?/m1/s1. The summed E-state index contributed by atoms with van der Waals surface area (Å²) in [4.78, 5) is 24.2. The lowest BCUT2D eigenvalue weighted by molar-refractivity contribution is -0.285. The van der Waals surface area contributed by atoms with Crippen molar-refractivity contribution in [3.8, 4) is 0 Å². The summed E-state index contributed by atoms with van der Waals surface area (Å²) < 4.78 is 15.0. The van der Waals surface area contributed by atoms with Gasteiger partial charge in [0.15, 0.2) is 0 Å². The summed E-state index contributed by atoms with van der Waals surface area (Å²) in [6.07, 6.45) is -7.94. The van der Waals surface area contributed by atoms with E-state index >= 15 is 0 Å². The Bertz CT molecular complexity index is 828. The number of hydrogen-bond donors (Lipinski definition) is 4. The van der Waals surface area contributed by atoms with E-state index in [1.54, 1.807) is 24.3 Å². The van der Waals surface area contributed by atoms with Gasteiger partial charge in [-0.25, -0.2) is 9.59 Å². The molecule has 3 rings (SSSR count). The number of hydrogen-bond acceptors (Lipinski definition) is 9. The first-order valence-electron chi connectivity index (χ1n) is 7.46. The molecule has 1 aliphatic rings. The van der Waals surface area contributed by atoms with Crippen molar-refractivity contribution in [3.05, 3.63) is 46.3 Å². The Balaban J connectivity index is 1.84. The second-order valence-corrected chi connectivity index (χ2v) is 5.59. The van der Waals surface area contributed by atoms with Crippen LogP contribution in [0.25, 0.3) is 11.0 Å². The average Bonchev–Trinajstić information content (AvgIpc) is 2.61. The Morgan fingerprint density at radius 2 is 1.84 bits per heavy atom. The van der Waals surface area contributed by atoms with Crippen LogP contribution in [0.3, 0.4) is 0 Å². The summed E-state index contributed by atoms with van der Waals surface area (Å²) in [5.74, 6) is -1.14. The Morgan fingerprint density at radius 3 is 2.56 bits per heavy atom. The van der Waals surface area contributed by atoms with E-state index < -0.39 is 54.5 Å². The van der Waals surface area contributed by atoms with Crippen LogP contribution in [0, 0.1) is 0 Å². The van der Waals surface area contributed by atoms with E-state index in [9.17, 15) is 24.9 Å². The molecular formula is C16H16O9. The Kier molecular flexibility index (Phi) is 4.84. The lowest BCUT2D eigenvalue weighted by Gasteiger charge is -2.39. The summed E-state index contributed by atoms with van der Waals surface area (Å²) in [5.41, 5.74) is -1.07. The molecule has 2 heterocycles. The van der Waals surface area contributed by atoms with Gasteiger partial charge in [0, 0.05) is 5.39 Å². The van der Waals surface area contributed by atoms with Crippen LogP contribution in [0.2, 0.25) is 0 Å². The summed E-state index contributed by atoms with van der Waals surface area (Å²) >= 11 is 0. The molecule has 4 N–H and O–H groups in total. The summed E-state index contributed by atoms with van der Waals surface area (Å²) in [7, 11) is 0. The maximum atomic E-state index is 12.2. The molecular weight excluding hydrogens is 336 g/mol. The van der Waals surface area contributed by atoms with Gasteiger partial charge in [-0.3, -0.25) is 0 Å². The topological polar surface area (TPSA) is 147 Å². The van der Waals surface area contributed by atoms with Gasteiger partial charge < -0.3 is 34.3 Å². The second kappa shape index (κ2) is 6.90. The molecule has 1 aliphatic heterocycles. The Labute approximate surface area is 140 Å². The van der Waals surface area contributed by atoms with Crippen LogP contribution in [0.4, 0.5) is 0 Å². The van der Waals surface area contributed by atoms with Crippen LogP contribution in [-0.2, 0) is 9.47 Å². The number of ether oxygens (including phenoxy) is 2. The first-order valence-corrected chi connectivity index (χ1v) is 7.46. The molecule has 2 aromatic rings. The fourth-order valence-electron chi connectivity index (χ4n) is 2.54. The van der Waals surface area contributed by atoms with Gasteiger partial charge in [0.1, 0.15) is 35.6 Å². The Morgan fingerprint density at radius 1 is 1.12 bits per heavy atom. The molecule has 1 saturated heterocycles. The van der Waals surface area contributed by atoms with Crippen molar-refractivity contribution < 1.29 is 39.1 Å². The van der Waals surface area contributed by atoms with Gasteiger partial charge >= 0.3 is 11.6 Å². The van der Waals surface area contributed by atoms with E-state index in [1.165, 1.54) is 6.07 Å². The molecule has 134 valence electrons. The van der Waals surface area contributed by atoms with Gasteiger partial charge in [0.05, 0.1) is 6.61 Å². The van der Waals surface area contributed by atoms with E-state index in [-0.39, 0.29) is 5.58 Å². The fourth-order valence-corrected chi connectivity index (χ4v) is 2.54. The Hall–Kier alpha value is -2.30. The van der Waals surface area contributed by atoms with Crippen LogP contribution in [0.5, 0.6) is 0 Å². The van der Waals surface area contributed by atoms with Crippen molar-refractivity contribution in [2.24, 2.45) is 0 Å². The SMILES string of the molecule is O=C(OC1O[C@H](CO)[C@@H](O)[C@H](O)[C@H]1O)c1cc2ccccc2oc1=O. The van der Waals surface area contributed by atoms with Crippen molar-refractivity contribution >= 4 is 16.9 Å². The third-order valence-electron chi connectivity index (χ3n) is 3.93. The number of aliphatic hydroxyl groups excluding tert-OH is 4. The molecule has 0 aliphatic carbocycles. The maximum absolute atomic E-state index is 12.2. The minimum absolute atomic E-state index is 0.289. The number of esters is 1. The van der Waals surface area contributed by atoms with Crippen molar-refractivity contribution in [1.29, 1.82) is 0 Å². The largest absolute Gasteiger partial charge is 0.429 e. The third kappa shape index (κ3) is 3.28. The van der Waals surface area contributed by atoms with Crippen molar-refractivity contribution in [1.82, 2.24) is 0 Å². The van der Waals surface area contributed by atoms with Gasteiger partial charge in [-0.15, -0.1) is 0 Å². The first kappa shape index (κ1) is 17.5. The van der Waals surface area contributed by atoms with Gasteiger partial charge in [0.25, 0.3) is 0 Å². The highest BCUT2D eigenvalue weighted by Crippen LogP contribution is 2.23. The van der Waals surface area contributed by atoms with E-state index in [1.807, 2.05) is 0 Å². The quantitative estimate of drug-likeness (QED) is 0.393. The molecule has 0 saturated carbocycles. The molecule has 0 amide bonds. The average molecular weight is 352 g/mol. The van der Waals surface area contributed by atoms with Crippen molar-refractivity contribution in [2.75, 3.05) is 6.61 Å². The molecule has 1 fully saturated rings. The van der Waals surface area contributed by atoms with E-state index in [0.717, 1.165) is 0 Å². The minimum atomic E-state index is -1.76. The molecule has 9 heteroatoms. The summed E-state index contributed by atoms with van der Waals surface area (Å²) in [6, 6.07) is 7.81. The number of carbonyl (C=O) groups excluding carboxylic acids is 1. The van der Waals surface area contributed by atoms with E-state index in [2.05, 4.69) is 0 Å². The number of fused-ring (bicyclic) bond motifs is 1. The van der Waals surface area contributed by atoms with Crippen LogP contribution >= 0.6 is 0 Å². The number of carbonyl (C=O) groups is 1.